The first-order valence-electron chi connectivity index (χ1n) is 14.7. The third-order valence-corrected chi connectivity index (χ3v) is 9.51. The first kappa shape index (κ1) is 28.9. The van der Waals surface area contributed by atoms with Crippen molar-refractivity contribution in [3.63, 3.8) is 0 Å². The number of anilines is 2. The molecule has 43 heavy (non-hydrogen) atoms. The molecule has 0 radical (unpaired) electrons. The summed E-state index contributed by atoms with van der Waals surface area (Å²) in [5, 5.41) is 10.6. The van der Waals surface area contributed by atoms with Gasteiger partial charge in [-0.05, 0) is 74.6 Å². The number of nitrogens with two attached hydrogens (primary N) is 1. The van der Waals surface area contributed by atoms with Crippen molar-refractivity contribution < 1.29 is 9.53 Å². The number of para-hydroxylation sites is 1. The molecule has 0 aliphatic carbocycles. The van der Waals surface area contributed by atoms with E-state index in [-0.39, 0.29) is 5.91 Å². The zero-order valence-electron chi connectivity index (χ0n) is 24.9. The Kier molecular flexibility index (Phi) is 8.47. The van der Waals surface area contributed by atoms with Crippen molar-refractivity contribution in [1.82, 2.24) is 19.8 Å². The maximum atomic E-state index is 13.2. The summed E-state index contributed by atoms with van der Waals surface area (Å²) in [6.45, 7) is 3.04. The fourth-order valence-corrected chi connectivity index (χ4v) is 7.14. The van der Waals surface area contributed by atoms with E-state index in [1.165, 1.54) is 25.8 Å². The van der Waals surface area contributed by atoms with Gasteiger partial charge < -0.3 is 30.6 Å². The molecule has 3 aromatic heterocycles. The van der Waals surface area contributed by atoms with Crippen LogP contribution in [-0.2, 0) is 7.05 Å². The maximum absolute atomic E-state index is 13.2. The molecule has 5 aromatic rings. The molecule has 1 aliphatic heterocycles. The number of aromatic nitrogens is 2. The molecule has 1 atom stereocenters. The zero-order chi connectivity index (χ0) is 29.9. The number of benzene rings is 2. The Bertz CT molecular complexity index is 1810. The standard InChI is InChI=1S/C34H38N6O2S/c1-39-17-7-10-25(39)14-16-36-15-6-9-24-20-37-33(35)31-26(21-43-32(24)31)22-12-13-27(30(19-22)42-3)38-34(41)29-18-23-8-4-5-11-28(23)40(29)2/h4-6,8-9,11-13,18-21,25,36H,7,10,14-17H2,1-3H3,(H2,35,37)(H,38,41). The maximum Gasteiger partial charge on any atom is 0.272 e. The number of pyridine rings is 1. The summed E-state index contributed by atoms with van der Waals surface area (Å²) in [6, 6.07) is 16.3. The number of likely N-dealkylation sites (tertiary alicyclic amines) is 1. The minimum Gasteiger partial charge on any atom is -0.495 e. The normalized spacial score (nSPS) is 15.7. The fourth-order valence-electron chi connectivity index (χ4n) is 6.06. The van der Waals surface area contributed by atoms with Gasteiger partial charge in [0.25, 0.3) is 5.91 Å². The molecule has 2 aromatic carbocycles. The van der Waals surface area contributed by atoms with E-state index in [4.69, 9.17) is 10.5 Å². The van der Waals surface area contributed by atoms with E-state index in [0.29, 0.717) is 29.0 Å². The van der Waals surface area contributed by atoms with E-state index in [2.05, 4.69) is 45.1 Å². The van der Waals surface area contributed by atoms with Crippen molar-refractivity contribution in [3.8, 4) is 16.9 Å². The molecule has 4 heterocycles. The number of fused-ring (bicyclic) bond motifs is 2. The third kappa shape index (κ3) is 5.88. The van der Waals surface area contributed by atoms with Crippen LogP contribution in [0.2, 0.25) is 0 Å². The minimum absolute atomic E-state index is 0.198. The Morgan fingerprint density at radius 3 is 2.86 bits per heavy atom. The second kappa shape index (κ2) is 12.6. The number of aryl methyl sites for hydroxylation is 1. The number of hydrogen-bond acceptors (Lipinski definition) is 7. The van der Waals surface area contributed by atoms with Gasteiger partial charge >= 0.3 is 0 Å². The van der Waals surface area contributed by atoms with Crippen LogP contribution in [0.3, 0.4) is 0 Å². The highest BCUT2D eigenvalue weighted by molar-refractivity contribution is 7.18. The predicted octanol–water partition coefficient (Wildman–Crippen LogP) is 6.39. The van der Waals surface area contributed by atoms with Crippen LogP contribution >= 0.6 is 11.3 Å². The molecule has 0 saturated carbocycles. The second-order valence-electron chi connectivity index (χ2n) is 11.1. The summed E-state index contributed by atoms with van der Waals surface area (Å²) in [5.41, 5.74) is 11.6. The molecule has 1 fully saturated rings. The van der Waals surface area contributed by atoms with Crippen LogP contribution in [0.4, 0.5) is 11.5 Å². The lowest BCUT2D eigenvalue weighted by Crippen LogP contribution is -2.29. The highest BCUT2D eigenvalue weighted by Gasteiger charge is 2.20. The molecule has 9 heteroatoms. The van der Waals surface area contributed by atoms with Gasteiger partial charge in [-0.15, -0.1) is 11.3 Å². The van der Waals surface area contributed by atoms with E-state index in [1.54, 1.807) is 18.4 Å². The van der Waals surface area contributed by atoms with Crippen LogP contribution in [0, 0.1) is 0 Å². The third-order valence-electron chi connectivity index (χ3n) is 8.48. The summed E-state index contributed by atoms with van der Waals surface area (Å²) in [6.07, 6.45) is 9.91. The number of carbonyl (C=O) groups is 1. The quantitative estimate of drug-likeness (QED) is 0.162. The average molecular weight is 595 g/mol. The SMILES string of the molecule is COc1cc(-c2csc3c(C=CCNCCC4CCCN4C)cnc(N)c23)ccc1NC(=O)c1cc2ccccc2n1C. The predicted molar refractivity (Wildman–Crippen MR) is 179 cm³/mol. The van der Waals surface area contributed by atoms with Gasteiger partial charge in [-0.1, -0.05) is 36.4 Å². The van der Waals surface area contributed by atoms with E-state index in [0.717, 1.165) is 50.8 Å². The van der Waals surface area contributed by atoms with Crippen LogP contribution in [0.15, 0.2) is 66.2 Å². The van der Waals surface area contributed by atoms with Crippen molar-refractivity contribution in [2.24, 2.45) is 7.05 Å². The molecule has 222 valence electrons. The van der Waals surface area contributed by atoms with E-state index in [1.807, 2.05) is 66.3 Å². The first-order valence-corrected chi connectivity index (χ1v) is 15.6. The van der Waals surface area contributed by atoms with Gasteiger partial charge in [0.2, 0.25) is 0 Å². The van der Waals surface area contributed by atoms with Gasteiger partial charge in [-0.25, -0.2) is 4.98 Å². The van der Waals surface area contributed by atoms with Crippen LogP contribution in [0.5, 0.6) is 5.75 Å². The molecular formula is C34H38N6O2S. The molecule has 4 N–H and O–H groups in total. The molecule has 0 bridgehead atoms. The molecule has 1 saturated heterocycles. The Hall–Kier alpha value is -4.18. The molecule has 6 rings (SSSR count). The van der Waals surface area contributed by atoms with Gasteiger partial charge in [-0.2, -0.15) is 0 Å². The Morgan fingerprint density at radius 2 is 2.07 bits per heavy atom. The van der Waals surface area contributed by atoms with Crippen molar-refractivity contribution in [2.45, 2.75) is 25.3 Å². The van der Waals surface area contributed by atoms with Gasteiger partial charge in [-0.3, -0.25) is 4.79 Å². The molecular weight excluding hydrogens is 556 g/mol. The number of methoxy groups -OCH3 is 1. The van der Waals surface area contributed by atoms with E-state index >= 15 is 0 Å². The van der Waals surface area contributed by atoms with Gasteiger partial charge in [0.05, 0.1) is 12.8 Å². The number of thiophene rings is 1. The first-order chi connectivity index (χ1) is 20.9. The summed E-state index contributed by atoms with van der Waals surface area (Å²) in [5.74, 6) is 0.867. The average Bonchev–Trinajstić information content (AvgIpc) is 3.74. The Balaban J connectivity index is 1.18. The number of nitrogens with zero attached hydrogens (tertiary/aromatic N) is 3. The number of amides is 1. The van der Waals surface area contributed by atoms with Crippen molar-refractivity contribution in [2.75, 3.05) is 44.8 Å². The van der Waals surface area contributed by atoms with Crippen molar-refractivity contribution >= 4 is 55.8 Å². The largest absolute Gasteiger partial charge is 0.495 e. The van der Waals surface area contributed by atoms with E-state index in [9.17, 15) is 4.79 Å². The fraction of sp³-hybridized carbons (Fsp3) is 0.294. The summed E-state index contributed by atoms with van der Waals surface area (Å²) in [7, 11) is 5.73. The number of ether oxygens (including phenoxy) is 1. The minimum atomic E-state index is -0.198. The summed E-state index contributed by atoms with van der Waals surface area (Å²) < 4.78 is 8.71. The molecule has 0 spiro atoms. The molecule has 1 amide bonds. The zero-order valence-corrected chi connectivity index (χ0v) is 25.7. The van der Waals surface area contributed by atoms with Crippen LogP contribution in [-0.4, -0.2) is 60.2 Å². The van der Waals surface area contributed by atoms with Crippen molar-refractivity contribution in [3.05, 3.63) is 77.4 Å². The van der Waals surface area contributed by atoms with Gasteiger partial charge in [0.15, 0.2) is 0 Å². The smallest absolute Gasteiger partial charge is 0.272 e. The second-order valence-corrected chi connectivity index (χ2v) is 12.0. The molecule has 1 aliphatic rings. The number of nitrogen functional groups attached to an aromatic ring is 1. The molecule has 1 unspecified atom stereocenters. The number of carbonyl (C=O) groups excluding carboxylic acids is 1. The molecule has 8 nitrogen and oxygen atoms in total. The lowest BCUT2D eigenvalue weighted by atomic mass is 10.0. The topological polar surface area (TPSA) is 97.4 Å². The van der Waals surface area contributed by atoms with Crippen LogP contribution in [0.1, 0.15) is 35.3 Å². The van der Waals surface area contributed by atoms with E-state index < -0.39 is 0 Å². The highest BCUT2D eigenvalue weighted by atomic mass is 32.1. The summed E-state index contributed by atoms with van der Waals surface area (Å²) >= 11 is 1.65. The summed E-state index contributed by atoms with van der Waals surface area (Å²) in [4.78, 5) is 20.2. The van der Waals surface area contributed by atoms with Gasteiger partial charge in [0, 0.05) is 57.9 Å². The number of nitrogens with one attached hydrogen (secondary N) is 2. The highest BCUT2D eigenvalue weighted by Crippen LogP contribution is 2.41. The Morgan fingerprint density at radius 1 is 1.21 bits per heavy atom. The monoisotopic (exact) mass is 594 g/mol. The van der Waals surface area contributed by atoms with Crippen LogP contribution in [0.25, 0.3) is 38.2 Å². The van der Waals surface area contributed by atoms with Crippen molar-refractivity contribution in [1.29, 1.82) is 0 Å². The number of hydrogen-bond donors (Lipinski definition) is 3. The van der Waals surface area contributed by atoms with Gasteiger partial charge in [0.1, 0.15) is 17.3 Å². The lowest BCUT2D eigenvalue weighted by Gasteiger charge is -2.18. The Labute approximate surface area is 256 Å². The van der Waals surface area contributed by atoms with Crippen LogP contribution < -0.4 is 21.1 Å². The number of rotatable bonds is 10. The lowest BCUT2D eigenvalue weighted by molar-refractivity contribution is 0.101.